The molecule has 0 aliphatic heterocycles. The average molecular weight is 477 g/mol. The van der Waals surface area contributed by atoms with Gasteiger partial charge in [-0.1, -0.05) is 35.9 Å². The molecule has 0 unspecified atom stereocenters. The minimum atomic E-state index is 0. The first-order chi connectivity index (χ1) is 12.1. The molecule has 0 bridgehead atoms. The number of nitrogens with two attached hydrogens (primary N) is 1. The van der Waals surface area contributed by atoms with Crippen molar-refractivity contribution in [2.45, 2.75) is 12.8 Å². The van der Waals surface area contributed by atoms with Crippen LogP contribution in [0, 0.1) is 0 Å². The van der Waals surface area contributed by atoms with Crippen LogP contribution in [0.1, 0.15) is 28.0 Å². The molecule has 2 N–H and O–H groups in total. The van der Waals surface area contributed by atoms with Crippen LogP contribution in [0.5, 0.6) is 0 Å². The highest BCUT2D eigenvalue weighted by atomic mass is 127. The molecule has 4 rings (SSSR count). The summed E-state index contributed by atoms with van der Waals surface area (Å²) in [6.07, 6.45) is 3.41. The van der Waals surface area contributed by atoms with Crippen LogP contribution in [0.3, 0.4) is 0 Å². The predicted octanol–water partition coefficient (Wildman–Crippen LogP) is 1.12. The number of pyridine rings is 1. The first-order valence-electron chi connectivity index (χ1n) is 8.26. The van der Waals surface area contributed by atoms with Gasteiger partial charge in [0.15, 0.2) is 11.5 Å². The molecule has 3 aromatic rings. The van der Waals surface area contributed by atoms with Crippen LogP contribution in [0.15, 0.2) is 54.1 Å². The molecule has 0 saturated carbocycles. The van der Waals surface area contributed by atoms with Gasteiger partial charge in [0.05, 0.1) is 11.1 Å². The maximum absolute atomic E-state index is 13.1. The number of hydrogen-bond donors (Lipinski definition) is 1. The van der Waals surface area contributed by atoms with E-state index in [1.165, 1.54) is 0 Å². The zero-order chi connectivity index (χ0) is 17.6. The van der Waals surface area contributed by atoms with Gasteiger partial charge in [-0.05, 0) is 36.3 Å². The van der Waals surface area contributed by atoms with E-state index in [1.54, 1.807) is 0 Å². The van der Waals surface area contributed by atoms with Crippen LogP contribution in [-0.4, -0.2) is 5.78 Å². The molecule has 3 nitrogen and oxygen atoms in total. The molecule has 0 atom stereocenters. The van der Waals surface area contributed by atoms with Crippen molar-refractivity contribution in [1.82, 2.24) is 0 Å². The molecule has 132 valence electrons. The van der Waals surface area contributed by atoms with Gasteiger partial charge in [-0.3, -0.25) is 4.79 Å². The van der Waals surface area contributed by atoms with Gasteiger partial charge in [0, 0.05) is 23.1 Å². The highest BCUT2D eigenvalue weighted by Gasteiger charge is 2.32. The summed E-state index contributed by atoms with van der Waals surface area (Å²) in [7, 11) is 2.00. The fourth-order valence-electron chi connectivity index (χ4n) is 3.61. The van der Waals surface area contributed by atoms with Crippen molar-refractivity contribution in [2.24, 2.45) is 7.05 Å². The number of para-hydroxylation sites is 1. The number of allylic oxidation sites excluding steroid dienone is 1. The number of aryl methyl sites for hydroxylation is 1. The summed E-state index contributed by atoms with van der Waals surface area (Å²) < 4.78 is 2.09. The Morgan fingerprint density at radius 1 is 1.12 bits per heavy atom. The Morgan fingerprint density at radius 2 is 1.88 bits per heavy atom. The molecule has 0 fully saturated rings. The number of Topliss-reactive ketones (excluding diaryl/α,β-unsaturated/α-hetero) is 1. The van der Waals surface area contributed by atoms with E-state index in [-0.39, 0.29) is 29.8 Å². The Balaban J connectivity index is 0.00000196. The number of nitrogen functional groups attached to an aromatic ring is 1. The summed E-state index contributed by atoms with van der Waals surface area (Å²) in [5.74, 6) is 0.0140. The highest BCUT2D eigenvalue weighted by Crippen LogP contribution is 2.32. The molecular formula is C21H18ClIN2O. The zero-order valence-electron chi connectivity index (χ0n) is 14.3. The largest absolute Gasteiger partial charge is 1.00 e. The second kappa shape index (κ2) is 7.37. The number of halogens is 2. The lowest BCUT2D eigenvalue weighted by Gasteiger charge is -2.18. The maximum atomic E-state index is 13.1. The van der Waals surface area contributed by atoms with Crippen LogP contribution >= 0.6 is 11.6 Å². The second-order valence-electron chi connectivity index (χ2n) is 6.37. The van der Waals surface area contributed by atoms with Crippen molar-refractivity contribution in [3.8, 4) is 0 Å². The molecule has 0 radical (unpaired) electrons. The van der Waals surface area contributed by atoms with Gasteiger partial charge in [-0.25, -0.2) is 0 Å². The molecule has 1 aliphatic rings. The Kier molecular flexibility index (Phi) is 5.34. The number of nitrogens with zero attached hydrogens (tertiary/aromatic N) is 1. The topological polar surface area (TPSA) is 47.0 Å². The molecule has 26 heavy (non-hydrogen) atoms. The Labute approximate surface area is 174 Å². The molecule has 2 aromatic carbocycles. The number of ketones is 1. The Morgan fingerprint density at radius 3 is 2.65 bits per heavy atom. The third-order valence-electron chi connectivity index (χ3n) is 4.86. The summed E-state index contributed by atoms with van der Waals surface area (Å²) in [6.45, 7) is 0. The van der Waals surface area contributed by atoms with Crippen LogP contribution in [0.4, 0.5) is 5.69 Å². The minimum absolute atomic E-state index is 0. The quantitative estimate of drug-likeness (QED) is 0.325. The molecule has 0 amide bonds. The van der Waals surface area contributed by atoms with Crippen molar-refractivity contribution in [1.29, 1.82) is 0 Å². The molecular weight excluding hydrogens is 459 g/mol. The van der Waals surface area contributed by atoms with E-state index in [0.717, 1.165) is 34.2 Å². The van der Waals surface area contributed by atoms with Crippen molar-refractivity contribution in [3.63, 3.8) is 0 Å². The number of anilines is 1. The van der Waals surface area contributed by atoms with Gasteiger partial charge < -0.3 is 29.7 Å². The van der Waals surface area contributed by atoms with Crippen molar-refractivity contribution < 1.29 is 33.3 Å². The highest BCUT2D eigenvalue weighted by molar-refractivity contribution is 6.30. The van der Waals surface area contributed by atoms with Gasteiger partial charge in [-0.2, -0.15) is 4.57 Å². The maximum Gasteiger partial charge on any atom is 0.214 e. The third-order valence-corrected chi connectivity index (χ3v) is 5.09. The lowest BCUT2D eigenvalue weighted by Crippen LogP contribution is -3.00. The van der Waals surface area contributed by atoms with E-state index in [0.29, 0.717) is 22.7 Å². The summed E-state index contributed by atoms with van der Waals surface area (Å²) in [5.41, 5.74) is 11.4. The van der Waals surface area contributed by atoms with E-state index in [1.807, 2.05) is 61.7 Å². The molecule has 1 aliphatic carbocycles. The van der Waals surface area contributed by atoms with E-state index < -0.39 is 0 Å². The number of carbonyl (C=O) groups is 1. The number of fused-ring (bicyclic) bond motifs is 2. The van der Waals surface area contributed by atoms with Gasteiger partial charge in [-0.15, -0.1) is 0 Å². The number of aromatic nitrogens is 1. The van der Waals surface area contributed by atoms with Crippen LogP contribution in [0.25, 0.3) is 17.0 Å². The number of carbonyl (C=O) groups excluding carboxylic acids is 1. The van der Waals surface area contributed by atoms with E-state index in [2.05, 4.69) is 4.57 Å². The van der Waals surface area contributed by atoms with Gasteiger partial charge in [0.2, 0.25) is 5.52 Å². The number of hydrogen-bond acceptors (Lipinski definition) is 2. The van der Waals surface area contributed by atoms with Crippen LogP contribution < -0.4 is 34.3 Å². The van der Waals surface area contributed by atoms with Crippen LogP contribution in [-0.2, 0) is 13.5 Å². The summed E-state index contributed by atoms with van der Waals surface area (Å²) >= 11 is 6.05. The van der Waals surface area contributed by atoms with E-state index >= 15 is 0 Å². The fraction of sp³-hybridized carbons (Fsp3) is 0.143. The third kappa shape index (κ3) is 3.12. The number of rotatable bonds is 1. The molecule has 1 heterocycles. The summed E-state index contributed by atoms with van der Waals surface area (Å²) in [6, 6.07) is 15.5. The Bertz CT molecular complexity index is 1060. The summed E-state index contributed by atoms with van der Waals surface area (Å²) in [4.78, 5) is 13.1. The smallest absolute Gasteiger partial charge is 0.214 e. The second-order valence-corrected chi connectivity index (χ2v) is 6.80. The monoisotopic (exact) mass is 476 g/mol. The predicted molar refractivity (Wildman–Crippen MR) is 102 cm³/mol. The van der Waals surface area contributed by atoms with Gasteiger partial charge in [0.25, 0.3) is 0 Å². The molecule has 1 aromatic heterocycles. The first kappa shape index (κ1) is 18.9. The minimum Gasteiger partial charge on any atom is -1.00 e. The standard InChI is InChI=1S/C21H17ClN2O.HI/c1-24-17-8-3-2-7-16(17)20(23)19-18(24)10-9-14(21(19)25)11-13-5-4-6-15(22)12-13;/h2-8,11-12,23H,9-10H2,1H3;1H/b14-11-;. The number of benzene rings is 2. The lowest BCUT2D eigenvalue weighted by molar-refractivity contribution is -0.653. The van der Waals surface area contributed by atoms with Crippen molar-refractivity contribution >= 4 is 40.1 Å². The molecule has 5 heteroatoms. The Hall–Kier alpha value is -1.92. The fourth-order valence-corrected chi connectivity index (χ4v) is 3.80. The van der Waals surface area contributed by atoms with Gasteiger partial charge in [0.1, 0.15) is 12.6 Å². The average Bonchev–Trinajstić information content (AvgIpc) is 2.61. The molecule has 0 saturated heterocycles. The SMILES string of the molecule is C[n+]1c2c(c(N)c3ccccc31)C(=O)/C(=C\c1cccc(Cl)c1)CC2.[I-]. The molecule has 0 spiro atoms. The van der Waals surface area contributed by atoms with E-state index in [4.69, 9.17) is 17.3 Å². The lowest BCUT2D eigenvalue weighted by atomic mass is 9.86. The van der Waals surface area contributed by atoms with E-state index in [9.17, 15) is 4.79 Å². The van der Waals surface area contributed by atoms with Gasteiger partial charge >= 0.3 is 0 Å². The first-order valence-corrected chi connectivity index (χ1v) is 8.64. The van der Waals surface area contributed by atoms with Crippen LogP contribution in [0.2, 0.25) is 5.02 Å². The van der Waals surface area contributed by atoms with Crippen molar-refractivity contribution in [3.05, 3.63) is 75.9 Å². The zero-order valence-corrected chi connectivity index (χ0v) is 17.2. The summed E-state index contributed by atoms with van der Waals surface area (Å²) in [5, 5.41) is 1.58. The van der Waals surface area contributed by atoms with Crippen molar-refractivity contribution in [2.75, 3.05) is 5.73 Å². The normalized spacial score (nSPS) is 15.0.